The number of nitrogen functional groups attached to an aromatic ring is 1. The summed E-state index contributed by atoms with van der Waals surface area (Å²) >= 11 is 0. The van der Waals surface area contributed by atoms with E-state index in [9.17, 15) is 19.2 Å². The fraction of sp³-hybridized carbons (Fsp3) is 0.278. The number of ether oxygens (including phenoxy) is 1. The molecule has 0 saturated carbocycles. The molecule has 3 N–H and O–H groups in total. The molecular weight excluding hydrogens is 611 g/mol. The first-order valence-electron chi connectivity index (χ1n) is 15.6. The van der Waals surface area contributed by atoms with Crippen molar-refractivity contribution in [2.24, 2.45) is 0 Å². The average molecular weight is 649 g/mol. The summed E-state index contributed by atoms with van der Waals surface area (Å²) < 4.78 is 19.0. The Balaban J connectivity index is 1.29. The van der Waals surface area contributed by atoms with E-state index in [2.05, 4.69) is 15.3 Å². The number of nitrogens with zero attached hydrogens (tertiary/aromatic N) is 6. The molecule has 12 heteroatoms. The molecule has 11 nitrogen and oxygen atoms in total. The molecule has 246 valence electrons. The summed E-state index contributed by atoms with van der Waals surface area (Å²) in [7, 11) is 0. The first-order chi connectivity index (χ1) is 23.0. The van der Waals surface area contributed by atoms with E-state index in [0.29, 0.717) is 61.3 Å². The first kappa shape index (κ1) is 33.5. The number of carbonyl (C=O) groups excluding carboxylic acids is 2. The van der Waals surface area contributed by atoms with Crippen molar-refractivity contribution in [2.75, 3.05) is 35.6 Å². The fourth-order valence-electron chi connectivity index (χ4n) is 5.17. The zero-order chi connectivity index (χ0) is 34.4. The predicted octanol–water partition coefficient (Wildman–Crippen LogP) is 6.43. The number of hydrogen-bond acceptors (Lipinski definition) is 9. The summed E-state index contributed by atoms with van der Waals surface area (Å²) in [5, 5.41) is 12.7. The van der Waals surface area contributed by atoms with Crippen LogP contribution in [-0.2, 0) is 11.3 Å². The Morgan fingerprint density at radius 2 is 1.83 bits per heavy atom. The molecular formula is C36H37FN8O3. The van der Waals surface area contributed by atoms with Gasteiger partial charge in [-0.05, 0) is 75.6 Å². The average Bonchev–Trinajstić information content (AvgIpc) is 3.08. The molecule has 0 saturated heterocycles. The molecule has 1 aliphatic heterocycles. The standard InChI is InChI=1S/C36H37FN8O3/c1-5-45(28-12-10-27(37)11-13-28)34(46)29-18-24(19-38)21-42-33(29)41-20-23-6-8-25(9-7-23)30-22-40-32(39)31(43-30)26-14-16-44(17-15-26)35(47)48-36(2,3)4/h6-14,18,21-22H,5,15-17,20H2,1-4H3,(H2,39,40)(H,41,42). The number of benzene rings is 2. The Morgan fingerprint density at radius 1 is 1.10 bits per heavy atom. The number of nitrogens with one attached hydrogen (secondary N) is 1. The zero-order valence-electron chi connectivity index (χ0n) is 27.3. The SMILES string of the molecule is CCN(C(=O)c1cc(C#N)cnc1NCc1ccc(-c2cnc(N)c(C3=CCN(C(=O)OC(C)(C)C)CC3)n2)cc1)c1ccc(F)cc1. The molecule has 4 aromatic rings. The van der Waals surface area contributed by atoms with Crippen molar-refractivity contribution in [3.05, 3.63) is 101 Å². The summed E-state index contributed by atoms with van der Waals surface area (Å²) in [6.45, 7) is 8.89. The number of anilines is 3. The molecule has 0 bridgehead atoms. The number of rotatable bonds is 8. The Labute approximate surface area is 278 Å². The first-order valence-corrected chi connectivity index (χ1v) is 15.6. The van der Waals surface area contributed by atoms with Crippen LogP contribution in [-0.4, -0.2) is 57.1 Å². The van der Waals surface area contributed by atoms with Crippen LogP contribution in [0.2, 0.25) is 0 Å². The van der Waals surface area contributed by atoms with Gasteiger partial charge in [-0.1, -0.05) is 30.3 Å². The third-order valence-electron chi connectivity index (χ3n) is 7.62. The van der Waals surface area contributed by atoms with Crippen molar-refractivity contribution in [1.82, 2.24) is 19.9 Å². The summed E-state index contributed by atoms with van der Waals surface area (Å²) in [5.41, 5.74) is 10.6. The minimum Gasteiger partial charge on any atom is -0.444 e. The lowest BCUT2D eigenvalue weighted by molar-refractivity contribution is 0.0270. The quantitative estimate of drug-likeness (QED) is 0.220. The topological polar surface area (TPSA) is 150 Å². The van der Waals surface area contributed by atoms with Gasteiger partial charge in [-0.3, -0.25) is 4.79 Å². The summed E-state index contributed by atoms with van der Waals surface area (Å²) in [6, 6.07) is 16.9. The van der Waals surface area contributed by atoms with Crippen molar-refractivity contribution in [3.8, 4) is 17.3 Å². The molecule has 48 heavy (non-hydrogen) atoms. The van der Waals surface area contributed by atoms with Gasteiger partial charge in [-0.2, -0.15) is 5.26 Å². The Hall–Kier alpha value is -5.83. The van der Waals surface area contributed by atoms with Crippen LogP contribution in [0, 0.1) is 17.1 Å². The maximum absolute atomic E-state index is 13.6. The Bertz CT molecular complexity index is 1880. The maximum atomic E-state index is 13.6. The van der Waals surface area contributed by atoms with E-state index in [4.69, 9.17) is 15.5 Å². The van der Waals surface area contributed by atoms with Gasteiger partial charge in [0.1, 0.15) is 34.8 Å². The lowest BCUT2D eigenvalue weighted by atomic mass is 10.0. The highest BCUT2D eigenvalue weighted by Gasteiger charge is 2.25. The second kappa shape index (κ2) is 14.3. The van der Waals surface area contributed by atoms with Crippen LogP contribution in [0.4, 0.5) is 26.5 Å². The van der Waals surface area contributed by atoms with Gasteiger partial charge in [0.2, 0.25) is 0 Å². The van der Waals surface area contributed by atoms with Gasteiger partial charge >= 0.3 is 6.09 Å². The van der Waals surface area contributed by atoms with Gasteiger partial charge in [0.25, 0.3) is 5.91 Å². The van der Waals surface area contributed by atoms with Crippen LogP contribution in [0.25, 0.3) is 16.8 Å². The van der Waals surface area contributed by atoms with Crippen LogP contribution >= 0.6 is 0 Å². The lowest BCUT2D eigenvalue weighted by Gasteiger charge is -2.29. The zero-order valence-corrected chi connectivity index (χ0v) is 27.3. The second-order valence-electron chi connectivity index (χ2n) is 12.2. The number of aromatic nitrogens is 3. The van der Waals surface area contributed by atoms with E-state index in [1.165, 1.54) is 41.4 Å². The third kappa shape index (κ3) is 7.93. The number of nitriles is 1. The van der Waals surface area contributed by atoms with E-state index >= 15 is 0 Å². The van der Waals surface area contributed by atoms with Crippen LogP contribution in [0.1, 0.15) is 61.3 Å². The van der Waals surface area contributed by atoms with E-state index in [-0.39, 0.29) is 23.1 Å². The van der Waals surface area contributed by atoms with Crippen LogP contribution in [0.5, 0.6) is 0 Å². The summed E-state index contributed by atoms with van der Waals surface area (Å²) in [6.07, 6.45) is 5.18. The predicted molar refractivity (Wildman–Crippen MR) is 182 cm³/mol. The molecule has 0 atom stereocenters. The highest BCUT2D eigenvalue weighted by molar-refractivity contribution is 6.09. The molecule has 0 radical (unpaired) electrons. The number of halogens is 1. The van der Waals surface area contributed by atoms with Gasteiger partial charge in [0, 0.05) is 43.6 Å². The summed E-state index contributed by atoms with van der Waals surface area (Å²) in [5.74, 6) is -0.126. The highest BCUT2D eigenvalue weighted by atomic mass is 19.1. The number of amides is 2. The minimum atomic E-state index is -0.567. The van der Waals surface area contributed by atoms with Crippen molar-refractivity contribution < 1.29 is 18.7 Å². The van der Waals surface area contributed by atoms with Gasteiger partial charge in [-0.25, -0.2) is 24.1 Å². The number of carbonyl (C=O) groups is 2. The molecule has 3 heterocycles. The monoisotopic (exact) mass is 648 g/mol. The number of nitrogens with two attached hydrogens (primary N) is 1. The molecule has 2 aromatic heterocycles. The van der Waals surface area contributed by atoms with Gasteiger partial charge in [0.15, 0.2) is 0 Å². The normalized spacial score (nSPS) is 12.9. The van der Waals surface area contributed by atoms with Gasteiger partial charge in [0.05, 0.1) is 23.0 Å². The molecule has 0 aliphatic carbocycles. The number of pyridine rings is 1. The molecule has 2 amide bonds. The molecule has 1 aliphatic rings. The smallest absolute Gasteiger partial charge is 0.410 e. The molecule has 0 spiro atoms. The Morgan fingerprint density at radius 3 is 2.46 bits per heavy atom. The van der Waals surface area contributed by atoms with E-state index in [0.717, 1.165) is 16.7 Å². The van der Waals surface area contributed by atoms with Crippen molar-refractivity contribution >= 4 is 34.9 Å². The van der Waals surface area contributed by atoms with Crippen LogP contribution in [0.15, 0.2) is 73.1 Å². The van der Waals surface area contributed by atoms with Crippen molar-refractivity contribution in [2.45, 2.75) is 46.3 Å². The Kier molecular flexibility index (Phi) is 9.99. The van der Waals surface area contributed by atoms with Gasteiger partial charge < -0.3 is 25.6 Å². The molecule has 2 aromatic carbocycles. The molecule has 0 unspecified atom stereocenters. The third-order valence-corrected chi connectivity index (χ3v) is 7.62. The maximum Gasteiger partial charge on any atom is 0.410 e. The van der Waals surface area contributed by atoms with E-state index in [1.807, 2.05) is 64.1 Å². The second-order valence-corrected chi connectivity index (χ2v) is 12.2. The highest BCUT2D eigenvalue weighted by Crippen LogP contribution is 2.28. The van der Waals surface area contributed by atoms with Crippen molar-refractivity contribution in [3.63, 3.8) is 0 Å². The minimum absolute atomic E-state index is 0.229. The van der Waals surface area contributed by atoms with Crippen molar-refractivity contribution in [1.29, 1.82) is 5.26 Å². The lowest BCUT2D eigenvalue weighted by Crippen LogP contribution is -2.39. The largest absolute Gasteiger partial charge is 0.444 e. The van der Waals surface area contributed by atoms with Gasteiger partial charge in [-0.15, -0.1) is 0 Å². The van der Waals surface area contributed by atoms with E-state index in [1.54, 1.807) is 11.1 Å². The molecule has 0 fully saturated rings. The van der Waals surface area contributed by atoms with Crippen LogP contribution in [0.3, 0.4) is 0 Å². The number of hydrogen-bond donors (Lipinski definition) is 2. The van der Waals surface area contributed by atoms with Crippen LogP contribution < -0.4 is 16.0 Å². The fourth-order valence-corrected chi connectivity index (χ4v) is 5.17. The summed E-state index contributed by atoms with van der Waals surface area (Å²) in [4.78, 5) is 42.8. The molecule has 5 rings (SSSR count). The van der Waals surface area contributed by atoms with E-state index < -0.39 is 11.4 Å².